The third kappa shape index (κ3) is 4.17. The molecule has 118 valence electrons. The number of hydrogen-bond donors (Lipinski definition) is 1. The highest BCUT2D eigenvalue weighted by Gasteiger charge is 2.24. The molecule has 0 bridgehead atoms. The SMILES string of the molecule is CCC(CC)N(CCOC)c1nc(C)cc(C)c1C(=O)O. The molecule has 1 aromatic heterocycles. The molecule has 5 nitrogen and oxygen atoms in total. The van der Waals surface area contributed by atoms with Gasteiger partial charge in [0.1, 0.15) is 11.4 Å². The highest BCUT2D eigenvalue weighted by molar-refractivity contribution is 5.95. The summed E-state index contributed by atoms with van der Waals surface area (Å²) in [7, 11) is 1.65. The van der Waals surface area contributed by atoms with Gasteiger partial charge in [-0.2, -0.15) is 0 Å². The van der Waals surface area contributed by atoms with Gasteiger partial charge in [-0.1, -0.05) is 13.8 Å². The minimum absolute atomic E-state index is 0.256. The largest absolute Gasteiger partial charge is 0.478 e. The van der Waals surface area contributed by atoms with E-state index in [1.165, 1.54) is 0 Å². The Morgan fingerprint density at radius 1 is 1.38 bits per heavy atom. The van der Waals surface area contributed by atoms with E-state index in [0.29, 0.717) is 24.5 Å². The summed E-state index contributed by atoms with van der Waals surface area (Å²) in [5.41, 5.74) is 1.88. The number of hydrogen-bond acceptors (Lipinski definition) is 4. The summed E-state index contributed by atoms with van der Waals surface area (Å²) in [5, 5.41) is 9.54. The van der Waals surface area contributed by atoms with Crippen molar-refractivity contribution in [3.63, 3.8) is 0 Å². The first kappa shape index (κ1) is 17.4. The summed E-state index contributed by atoms with van der Waals surface area (Å²) >= 11 is 0. The van der Waals surface area contributed by atoms with Crippen molar-refractivity contribution in [3.05, 3.63) is 22.9 Å². The van der Waals surface area contributed by atoms with E-state index in [1.807, 2.05) is 19.9 Å². The summed E-state index contributed by atoms with van der Waals surface area (Å²) < 4.78 is 5.18. The lowest BCUT2D eigenvalue weighted by Gasteiger charge is -2.33. The Morgan fingerprint density at radius 2 is 2.00 bits per heavy atom. The molecule has 1 rings (SSSR count). The molecule has 0 saturated carbocycles. The highest BCUT2D eigenvalue weighted by Crippen LogP contribution is 2.26. The number of rotatable bonds is 8. The average molecular weight is 294 g/mol. The predicted molar refractivity (Wildman–Crippen MR) is 84.3 cm³/mol. The van der Waals surface area contributed by atoms with Gasteiger partial charge in [-0.05, 0) is 38.3 Å². The van der Waals surface area contributed by atoms with E-state index in [-0.39, 0.29) is 6.04 Å². The molecule has 1 N–H and O–H groups in total. The maximum Gasteiger partial charge on any atom is 0.339 e. The Hall–Kier alpha value is -1.62. The molecule has 0 atom stereocenters. The van der Waals surface area contributed by atoms with Crippen LogP contribution in [0.25, 0.3) is 0 Å². The number of aromatic carboxylic acids is 1. The van der Waals surface area contributed by atoms with Gasteiger partial charge >= 0.3 is 5.97 Å². The van der Waals surface area contributed by atoms with Gasteiger partial charge in [-0.25, -0.2) is 9.78 Å². The van der Waals surface area contributed by atoms with E-state index in [9.17, 15) is 9.90 Å². The number of methoxy groups -OCH3 is 1. The van der Waals surface area contributed by atoms with Crippen LogP contribution >= 0.6 is 0 Å². The minimum Gasteiger partial charge on any atom is -0.478 e. The smallest absolute Gasteiger partial charge is 0.339 e. The maximum absolute atomic E-state index is 11.6. The van der Waals surface area contributed by atoms with Gasteiger partial charge in [0.05, 0.1) is 6.61 Å². The number of anilines is 1. The number of pyridine rings is 1. The third-order valence-electron chi connectivity index (χ3n) is 3.73. The predicted octanol–water partition coefficient (Wildman–Crippen LogP) is 3.04. The quantitative estimate of drug-likeness (QED) is 0.798. The zero-order valence-corrected chi connectivity index (χ0v) is 13.6. The zero-order chi connectivity index (χ0) is 16.0. The van der Waals surface area contributed by atoms with Gasteiger partial charge in [0.15, 0.2) is 0 Å². The summed E-state index contributed by atoms with van der Waals surface area (Å²) in [4.78, 5) is 18.2. The number of nitrogens with zero attached hydrogens (tertiary/aromatic N) is 2. The molecule has 0 fully saturated rings. The fourth-order valence-corrected chi connectivity index (χ4v) is 2.67. The Kier molecular flexibility index (Phi) is 6.62. The van der Waals surface area contributed by atoms with E-state index in [4.69, 9.17) is 4.74 Å². The van der Waals surface area contributed by atoms with Crippen LogP contribution in [0.1, 0.15) is 48.3 Å². The van der Waals surface area contributed by atoms with Crippen molar-refractivity contribution in [2.45, 2.75) is 46.6 Å². The molecule has 1 heterocycles. The van der Waals surface area contributed by atoms with E-state index in [1.54, 1.807) is 7.11 Å². The molecule has 0 aliphatic rings. The molecule has 21 heavy (non-hydrogen) atoms. The lowest BCUT2D eigenvalue weighted by Crippen LogP contribution is -2.39. The van der Waals surface area contributed by atoms with Crippen LogP contribution in [0.4, 0.5) is 5.82 Å². The van der Waals surface area contributed by atoms with E-state index in [0.717, 1.165) is 24.1 Å². The lowest BCUT2D eigenvalue weighted by molar-refractivity contribution is 0.0696. The van der Waals surface area contributed by atoms with Gasteiger partial charge in [0, 0.05) is 25.4 Å². The van der Waals surface area contributed by atoms with Crippen molar-refractivity contribution in [2.75, 3.05) is 25.2 Å². The van der Waals surface area contributed by atoms with Crippen molar-refractivity contribution in [3.8, 4) is 0 Å². The topological polar surface area (TPSA) is 62.7 Å². The second kappa shape index (κ2) is 7.98. The Morgan fingerprint density at radius 3 is 2.48 bits per heavy atom. The summed E-state index contributed by atoms with van der Waals surface area (Å²) in [5.74, 6) is -0.367. The van der Waals surface area contributed by atoms with Crippen LogP contribution in [-0.4, -0.2) is 42.4 Å². The van der Waals surface area contributed by atoms with Crippen LogP contribution in [0, 0.1) is 13.8 Å². The fraction of sp³-hybridized carbons (Fsp3) is 0.625. The molecule has 0 aliphatic carbocycles. The van der Waals surface area contributed by atoms with Crippen molar-refractivity contribution in [2.24, 2.45) is 0 Å². The standard InChI is InChI=1S/C16H26N2O3/c1-6-13(7-2)18(8-9-21-5)15-14(16(19)20)11(3)10-12(4)17-15/h10,13H,6-9H2,1-5H3,(H,19,20). The molecule has 1 aromatic rings. The van der Waals surface area contributed by atoms with Gasteiger partial charge in [0.2, 0.25) is 0 Å². The lowest BCUT2D eigenvalue weighted by atomic mass is 10.1. The molecule has 0 saturated heterocycles. The molecular formula is C16H26N2O3. The maximum atomic E-state index is 11.6. The van der Waals surface area contributed by atoms with E-state index < -0.39 is 5.97 Å². The normalized spacial score (nSPS) is 11.0. The summed E-state index contributed by atoms with van der Waals surface area (Å²) in [6, 6.07) is 2.07. The zero-order valence-electron chi connectivity index (χ0n) is 13.6. The van der Waals surface area contributed by atoms with Crippen molar-refractivity contribution in [1.82, 2.24) is 4.98 Å². The molecule has 0 aliphatic heterocycles. The number of carboxylic acids is 1. The molecule has 0 spiro atoms. The third-order valence-corrected chi connectivity index (χ3v) is 3.73. The fourth-order valence-electron chi connectivity index (χ4n) is 2.67. The van der Waals surface area contributed by atoms with Crippen molar-refractivity contribution in [1.29, 1.82) is 0 Å². The molecule has 0 radical (unpaired) electrons. The van der Waals surface area contributed by atoms with Gasteiger partial charge in [-0.3, -0.25) is 0 Å². The summed E-state index contributed by atoms with van der Waals surface area (Å²) in [6.07, 6.45) is 1.88. The van der Waals surface area contributed by atoms with Crippen LogP contribution in [0.5, 0.6) is 0 Å². The molecule has 5 heteroatoms. The van der Waals surface area contributed by atoms with Crippen LogP contribution in [-0.2, 0) is 4.74 Å². The number of ether oxygens (including phenoxy) is 1. The highest BCUT2D eigenvalue weighted by atomic mass is 16.5. The minimum atomic E-state index is -0.927. The first-order valence-electron chi connectivity index (χ1n) is 7.43. The molecule has 0 unspecified atom stereocenters. The first-order valence-corrected chi connectivity index (χ1v) is 7.43. The molecular weight excluding hydrogens is 268 g/mol. The van der Waals surface area contributed by atoms with Gasteiger partial charge < -0.3 is 14.7 Å². The van der Waals surface area contributed by atoms with Crippen LogP contribution in [0.3, 0.4) is 0 Å². The second-order valence-corrected chi connectivity index (χ2v) is 5.24. The van der Waals surface area contributed by atoms with E-state index >= 15 is 0 Å². The van der Waals surface area contributed by atoms with Crippen LogP contribution < -0.4 is 4.90 Å². The monoisotopic (exact) mass is 294 g/mol. The average Bonchev–Trinajstić information content (AvgIpc) is 2.42. The van der Waals surface area contributed by atoms with Crippen molar-refractivity contribution >= 4 is 11.8 Å². The Balaban J connectivity index is 3.37. The van der Waals surface area contributed by atoms with E-state index in [2.05, 4.69) is 23.7 Å². The first-order chi connectivity index (χ1) is 9.96. The van der Waals surface area contributed by atoms with Gasteiger partial charge in [-0.15, -0.1) is 0 Å². The number of carbonyl (C=O) groups is 1. The van der Waals surface area contributed by atoms with Crippen LogP contribution in [0.15, 0.2) is 6.07 Å². The van der Waals surface area contributed by atoms with Crippen molar-refractivity contribution < 1.29 is 14.6 Å². The second-order valence-electron chi connectivity index (χ2n) is 5.24. The Labute approximate surface area is 126 Å². The summed E-state index contributed by atoms with van der Waals surface area (Å²) in [6.45, 7) is 9.12. The molecule has 0 amide bonds. The number of aryl methyl sites for hydroxylation is 2. The van der Waals surface area contributed by atoms with Gasteiger partial charge in [0.25, 0.3) is 0 Å². The Bertz CT molecular complexity index is 485. The number of carboxylic acid groups (broad SMARTS) is 1. The van der Waals surface area contributed by atoms with Crippen LogP contribution in [0.2, 0.25) is 0 Å². The number of aromatic nitrogens is 1. The molecule has 0 aromatic carbocycles.